The SMILES string of the molecule is Cc1cccc(-c2nn3c(-n4nc(C)cc4C)cc(C)nc3c2C)c1. The van der Waals surface area contributed by atoms with Crippen molar-refractivity contribution in [3.8, 4) is 17.1 Å². The number of benzene rings is 1. The first kappa shape index (κ1) is 15.6. The van der Waals surface area contributed by atoms with Gasteiger partial charge in [0.25, 0.3) is 0 Å². The molecule has 0 amide bonds. The number of fused-ring (bicyclic) bond motifs is 1. The highest BCUT2D eigenvalue weighted by molar-refractivity contribution is 5.71. The van der Waals surface area contributed by atoms with E-state index in [4.69, 9.17) is 10.1 Å². The molecule has 0 aliphatic heterocycles. The fraction of sp³-hybridized carbons (Fsp3) is 0.250. The van der Waals surface area contributed by atoms with Crippen LogP contribution in [0.5, 0.6) is 0 Å². The van der Waals surface area contributed by atoms with E-state index in [0.29, 0.717) is 0 Å². The van der Waals surface area contributed by atoms with E-state index in [0.717, 1.165) is 45.4 Å². The van der Waals surface area contributed by atoms with E-state index in [-0.39, 0.29) is 0 Å². The summed E-state index contributed by atoms with van der Waals surface area (Å²) in [5.74, 6) is 0.912. The molecule has 25 heavy (non-hydrogen) atoms. The Labute approximate surface area is 147 Å². The van der Waals surface area contributed by atoms with Crippen molar-refractivity contribution in [2.24, 2.45) is 0 Å². The van der Waals surface area contributed by atoms with E-state index in [2.05, 4.69) is 56.2 Å². The number of aromatic nitrogens is 5. The highest BCUT2D eigenvalue weighted by atomic mass is 15.4. The first-order valence-electron chi connectivity index (χ1n) is 8.41. The van der Waals surface area contributed by atoms with Crippen molar-refractivity contribution in [1.29, 1.82) is 0 Å². The predicted molar refractivity (Wildman–Crippen MR) is 99.2 cm³/mol. The Morgan fingerprint density at radius 3 is 2.32 bits per heavy atom. The summed E-state index contributed by atoms with van der Waals surface area (Å²) in [4.78, 5) is 4.73. The van der Waals surface area contributed by atoms with Gasteiger partial charge in [-0.25, -0.2) is 9.67 Å². The summed E-state index contributed by atoms with van der Waals surface area (Å²) in [6.07, 6.45) is 0. The van der Waals surface area contributed by atoms with Crippen LogP contribution >= 0.6 is 0 Å². The summed E-state index contributed by atoms with van der Waals surface area (Å²) in [6, 6.07) is 12.5. The van der Waals surface area contributed by atoms with Gasteiger partial charge in [-0.2, -0.15) is 14.7 Å². The Morgan fingerprint density at radius 2 is 1.64 bits per heavy atom. The summed E-state index contributed by atoms with van der Waals surface area (Å²) in [7, 11) is 0. The Hall–Kier alpha value is -2.95. The molecule has 4 rings (SSSR count). The van der Waals surface area contributed by atoms with Gasteiger partial charge in [-0.3, -0.25) is 0 Å². The molecular formula is C20H21N5. The third-order valence-electron chi connectivity index (χ3n) is 4.45. The Morgan fingerprint density at radius 1 is 0.840 bits per heavy atom. The van der Waals surface area contributed by atoms with Crippen molar-refractivity contribution < 1.29 is 0 Å². The van der Waals surface area contributed by atoms with Crippen LogP contribution in [0.2, 0.25) is 0 Å². The van der Waals surface area contributed by atoms with E-state index in [9.17, 15) is 0 Å². The maximum Gasteiger partial charge on any atom is 0.161 e. The molecule has 4 aromatic rings. The lowest BCUT2D eigenvalue weighted by molar-refractivity contribution is 0.753. The Bertz CT molecular complexity index is 1100. The standard InChI is InChI=1S/C20H21N5/c1-12-7-6-8-17(9-12)19-16(5)20-21-13(2)11-18(25(20)23-19)24-15(4)10-14(3)22-24/h6-11H,1-5H3. The van der Waals surface area contributed by atoms with Gasteiger partial charge >= 0.3 is 0 Å². The van der Waals surface area contributed by atoms with Gasteiger partial charge in [-0.15, -0.1) is 0 Å². The van der Waals surface area contributed by atoms with Crippen molar-refractivity contribution in [1.82, 2.24) is 24.4 Å². The van der Waals surface area contributed by atoms with Gasteiger partial charge in [0.1, 0.15) is 0 Å². The zero-order chi connectivity index (χ0) is 17.7. The quantitative estimate of drug-likeness (QED) is 0.555. The molecule has 0 aliphatic carbocycles. The number of aryl methyl sites for hydroxylation is 5. The Balaban J connectivity index is 2.03. The van der Waals surface area contributed by atoms with Gasteiger partial charge in [-0.1, -0.05) is 23.8 Å². The molecule has 0 N–H and O–H groups in total. The largest absolute Gasteiger partial charge is 0.233 e. The van der Waals surface area contributed by atoms with Gasteiger partial charge < -0.3 is 0 Å². The lowest BCUT2D eigenvalue weighted by Gasteiger charge is -2.08. The third kappa shape index (κ3) is 2.52. The zero-order valence-electron chi connectivity index (χ0n) is 15.2. The zero-order valence-corrected chi connectivity index (χ0v) is 15.2. The van der Waals surface area contributed by atoms with Crippen LogP contribution in [0, 0.1) is 34.6 Å². The van der Waals surface area contributed by atoms with Crippen molar-refractivity contribution in [2.45, 2.75) is 34.6 Å². The minimum Gasteiger partial charge on any atom is -0.233 e. The normalized spacial score (nSPS) is 11.4. The van der Waals surface area contributed by atoms with Crippen molar-refractivity contribution >= 4 is 5.65 Å². The molecule has 126 valence electrons. The average molecular weight is 331 g/mol. The van der Waals surface area contributed by atoms with Crippen LogP contribution in [0.25, 0.3) is 22.7 Å². The monoisotopic (exact) mass is 331 g/mol. The fourth-order valence-corrected chi connectivity index (χ4v) is 3.30. The third-order valence-corrected chi connectivity index (χ3v) is 4.45. The molecule has 0 fully saturated rings. The van der Waals surface area contributed by atoms with Gasteiger partial charge in [-0.05, 0) is 46.8 Å². The lowest BCUT2D eigenvalue weighted by atomic mass is 10.1. The molecule has 0 aliphatic rings. The smallest absolute Gasteiger partial charge is 0.161 e. The topological polar surface area (TPSA) is 48.0 Å². The van der Waals surface area contributed by atoms with E-state index in [1.807, 2.05) is 29.1 Å². The van der Waals surface area contributed by atoms with E-state index in [1.54, 1.807) is 0 Å². The molecule has 0 unspecified atom stereocenters. The first-order chi connectivity index (χ1) is 11.9. The van der Waals surface area contributed by atoms with Crippen molar-refractivity contribution in [3.05, 3.63) is 64.6 Å². The van der Waals surface area contributed by atoms with E-state index in [1.165, 1.54) is 5.56 Å². The second-order valence-corrected chi connectivity index (χ2v) is 6.67. The van der Waals surface area contributed by atoms with Crippen molar-refractivity contribution in [2.75, 3.05) is 0 Å². The molecule has 0 bridgehead atoms. The van der Waals surface area contributed by atoms with Gasteiger partial charge in [0.2, 0.25) is 0 Å². The molecule has 0 spiro atoms. The number of hydrogen-bond acceptors (Lipinski definition) is 3. The van der Waals surface area contributed by atoms with Crippen LogP contribution in [0.15, 0.2) is 36.4 Å². The molecule has 5 nitrogen and oxygen atoms in total. The van der Waals surface area contributed by atoms with E-state index < -0.39 is 0 Å². The highest BCUT2D eigenvalue weighted by Gasteiger charge is 2.17. The van der Waals surface area contributed by atoms with Crippen molar-refractivity contribution in [3.63, 3.8) is 0 Å². The molecule has 0 radical (unpaired) electrons. The molecule has 0 saturated carbocycles. The number of nitrogens with zero attached hydrogens (tertiary/aromatic N) is 5. The van der Waals surface area contributed by atoms with Crippen LogP contribution < -0.4 is 0 Å². The summed E-state index contributed by atoms with van der Waals surface area (Å²) in [5.41, 5.74) is 8.27. The highest BCUT2D eigenvalue weighted by Crippen LogP contribution is 2.27. The molecule has 5 heteroatoms. The fourth-order valence-electron chi connectivity index (χ4n) is 3.30. The predicted octanol–water partition coefficient (Wildman–Crippen LogP) is 4.12. The summed E-state index contributed by atoms with van der Waals surface area (Å²) < 4.78 is 3.84. The van der Waals surface area contributed by atoms with Gasteiger partial charge in [0.05, 0.1) is 11.4 Å². The second kappa shape index (κ2) is 5.55. The molecule has 3 aromatic heterocycles. The summed E-state index contributed by atoms with van der Waals surface area (Å²) in [5, 5.41) is 9.51. The van der Waals surface area contributed by atoms with Crippen LogP contribution in [-0.4, -0.2) is 24.4 Å². The van der Waals surface area contributed by atoms with Gasteiger partial charge in [0.15, 0.2) is 11.5 Å². The van der Waals surface area contributed by atoms with Crippen LogP contribution in [0.4, 0.5) is 0 Å². The maximum atomic E-state index is 4.88. The van der Waals surface area contributed by atoms with Crippen LogP contribution in [0.1, 0.15) is 28.2 Å². The van der Waals surface area contributed by atoms with Crippen LogP contribution in [0.3, 0.4) is 0 Å². The molecule has 1 aromatic carbocycles. The molecule has 0 atom stereocenters. The average Bonchev–Trinajstić information content (AvgIpc) is 3.06. The number of hydrogen-bond donors (Lipinski definition) is 0. The lowest BCUT2D eigenvalue weighted by Crippen LogP contribution is -2.08. The summed E-state index contributed by atoms with van der Waals surface area (Å²) >= 11 is 0. The maximum absolute atomic E-state index is 4.88. The number of rotatable bonds is 2. The first-order valence-corrected chi connectivity index (χ1v) is 8.41. The van der Waals surface area contributed by atoms with E-state index >= 15 is 0 Å². The molecule has 0 saturated heterocycles. The minimum atomic E-state index is 0.874. The summed E-state index contributed by atoms with van der Waals surface area (Å²) in [6.45, 7) is 10.2. The Kier molecular flexibility index (Phi) is 3.46. The molecular weight excluding hydrogens is 310 g/mol. The molecule has 3 heterocycles. The second-order valence-electron chi connectivity index (χ2n) is 6.67. The van der Waals surface area contributed by atoms with Gasteiger partial charge in [0, 0.05) is 28.6 Å². The minimum absolute atomic E-state index is 0.874. The van der Waals surface area contributed by atoms with Crippen LogP contribution in [-0.2, 0) is 0 Å².